The minimum absolute atomic E-state index is 0.0181. The average Bonchev–Trinajstić information content (AvgIpc) is 3.34. The Bertz CT molecular complexity index is 817. The predicted octanol–water partition coefficient (Wildman–Crippen LogP) is 2.98. The Morgan fingerprint density at radius 1 is 1.41 bits per heavy atom. The van der Waals surface area contributed by atoms with E-state index in [1.54, 1.807) is 7.11 Å². The van der Waals surface area contributed by atoms with Gasteiger partial charge in [-0.2, -0.15) is 5.10 Å². The molecule has 1 aliphatic heterocycles. The van der Waals surface area contributed by atoms with Crippen LogP contribution < -0.4 is 10.1 Å². The molecule has 3 atom stereocenters. The lowest BCUT2D eigenvalue weighted by Gasteiger charge is -2.32. The lowest BCUT2D eigenvalue weighted by molar-refractivity contribution is -0.125. The summed E-state index contributed by atoms with van der Waals surface area (Å²) in [5.41, 5.74) is 3.38. The number of carbonyl (C=O) groups is 1. The molecule has 144 valence electrons. The van der Waals surface area contributed by atoms with Crippen LogP contribution >= 0.6 is 0 Å². The maximum absolute atomic E-state index is 13.1. The monoisotopic (exact) mass is 369 g/mol. The van der Waals surface area contributed by atoms with Crippen molar-refractivity contribution in [3.8, 4) is 5.75 Å². The zero-order valence-corrected chi connectivity index (χ0v) is 16.0. The Kier molecular flexibility index (Phi) is 5.16. The van der Waals surface area contributed by atoms with Crippen LogP contribution in [0.1, 0.15) is 54.9 Å². The first-order valence-corrected chi connectivity index (χ1v) is 9.80. The molecule has 0 radical (unpaired) electrons. The molecule has 2 aromatic rings. The molecule has 1 amide bonds. The zero-order valence-electron chi connectivity index (χ0n) is 16.0. The molecule has 4 rings (SSSR count). The molecule has 27 heavy (non-hydrogen) atoms. The van der Waals surface area contributed by atoms with Gasteiger partial charge in [0, 0.05) is 24.9 Å². The molecule has 1 fully saturated rings. The van der Waals surface area contributed by atoms with Gasteiger partial charge >= 0.3 is 0 Å². The maximum Gasteiger partial charge on any atom is 0.227 e. The fourth-order valence-corrected chi connectivity index (χ4v) is 4.22. The van der Waals surface area contributed by atoms with Gasteiger partial charge < -0.3 is 14.8 Å². The van der Waals surface area contributed by atoms with Gasteiger partial charge in [-0.25, -0.2) is 0 Å². The van der Waals surface area contributed by atoms with Crippen molar-refractivity contribution in [1.29, 1.82) is 0 Å². The number of rotatable bonds is 5. The fraction of sp³-hybridized carbons (Fsp3) is 0.524. The second kappa shape index (κ2) is 7.72. The highest BCUT2D eigenvalue weighted by molar-refractivity contribution is 5.85. The molecule has 1 N–H and O–H groups in total. The number of benzene rings is 1. The van der Waals surface area contributed by atoms with E-state index in [2.05, 4.69) is 23.4 Å². The summed E-state index contributed by atoms with van der Waals surface area (Å²) in [6, 6.07) is 6.03. The number of carbonyl (C=O) groups excluding carboxylic acids is 1. The summed E-state index contributed by atoms with van der Waals surface area (Å²) in [5.74, 6) is 0.778. The SMILES string of the molecule is CCn1cc([C@H]2OCCC[C@@H]2NC(=O)C2CCc3ccc(OC)cc32)cn1. The molecule has 1 unspecified atom stereocenters. The third-order valence-electron chi connectivity index (χ3n) is 5.70. The van der Waals surface area contributed by atoms with E-state index in [1.807, 2.05) is 29.2 Å². The predicted molar refractivity (Wildman–Crippen MR) is 102 cm³/mol. The smallest absolute Gasteiger partial charge is 0.227 e. The van der Waals surface area contributed by atoms with Crippen LogP contribution in [0.25, 0.3) is 0 Å². The summed E-state index contributed by atoms with van der Waals surface area (Å²) in [5, 5.41) is 7.63. The zero-order chi connectivity index (χ0) is 18.8. The first kappa shape index (κ1) is 18.0. The first-order valence-electron chi connectivity index (χ1n) is 9.80. The molecule has 0 saturated carbocycles. The van der Waals surface area contributed by atoms with E-state index in [0.717, 1.165) is 55.7 Å². The highest BCUT2D eigenvalue weighted by Crippen LogP contribution is 2.36. The first-order chi connectivity index (χ1) is 13.2. The van der Waals surface area contributed by atoms with Crippen LogP contribution in [0.5, 0.6) is 5.75 Å². The molecule has 0 bridgehead atoms. The lowest BCUT2D eigenvalue weighted by atomic mass is 9.95. The molecule has 6 heteroatoms. The summed E-state index contributed by atoms with van der Waals surface area (Å²) < 4.78 is 13.3. The second-order valence-electron chi connectivity index (χ2n) is 7.33. The van der Waals surface area contributed by atoms with Gasteiger partial charge in [0.05, 0.1) is 25.3 Å². The maximum atomic E-state index is 13.1. The number of nitrogens with one attached hydrogen (secondary N) is 1. The van der Waals surface area contributed by atoms with Crippen molar-refractivity contribution >= 4 is 5.91 Å². The molecule has 2 heterocycles. The molecular formula is C21H27N3O3. The Morgan fingerprint density at radius 2 is 2.30 bits per heavy atom. The van der Waals surface area contributed by atoms with Crippen molar-refractivity contribution in [2.45, 2.75) is 57.2 Å². The Hall–Kier alpha value is -2.34. The van der Waals surface area contributed by atoms with Gasteiger partial charge in [0.25, 0.3) is 0 Å². The van der Waals surface area contributed by atoms with Crippen LogP contribution in [0.2, 0.25) is 0 Å². The highest BCUT2D eigenvalue weighted by atomic mass is 16.5. The minimum Gasteiger partial charge on any atom is -0.497 e. The lowest BCUT2D eigenvalue weighted by Crippen LogP contribution is -2.44. The molecule has 2 aliphatic rings. The van der Waals surface area contributed by atoms with E-state index in [-0.39, 0.29) is 24.0 Å². The van der Waals surface area contributed by atoms with Gasteiger partial charge in [0.1, 0.15) is 11.9 Å². The van der Waals surface area contributed by atoms with Crippen molar-refractivity contribution in [2.24, 2.45) is 0 Å². The van der Waals surface area contributed by atoms with Crippen LogP contribution in [-0.2, 0) is 22.5 Å². The molecular weight excluding hydrogens is 342 g/mol. The molecule has 1 aromatic carbocycles. The number of amides is 1. The third kappa shape index (κ3) is 3.58. The highest BCUT2D eigenvalue weighted by Gasteiger charge is 2.34. The quantitative estimate of drug-likeness (QED) is 0.880. The van der Waals surface area contributed by atoms with Crippen LogP contribution in [0.3, 0.4) is 0 Å². The van der Waals surface area contributed by atoms with Crippen LogP contribution in [0, 0.1) is 0 Å². The van der Waals surface area contributed by atoms with E-state index in [0.29, 0.717) is 0 Å². The van der Waals surface area contributed by atoms with Crippen LogP contribution in [0.4, 0.5) is 0 Å². The summed E-state index contributed by atoms with van der Waals surface area (Å²) in [4.78, 5) is 13.1. The van der Waals surface area contributed by atoms with E-state index in [9.17, 15) is 4.79 Å². The minimum atomic E-state index is -0.130. The number of nitrogens with zero attached hydrogens (tertiary/aromatic N) is 2. The number of hydrogen-bond acceptors (Lipinski definition) is 4. The van der Waals surface area contributed by atoms with E-state index in [1.165, 1.54) is 5.56 Å². The summed E-state index contributed by atoms with van der Waals surface area (Å²) >= 11 is 0. The topological polar surface area (TPSA) is 65.4 Å². The number of aromatic nitrogens is 2. The van der Waals surface area contributed by atoms with Gasteiger partial charge in [-0.05, 0) is 55.9 Å². The van der Waals surface area contributed by atoms with Crippen molar-refractivity contribution in [3.05, 3.63) is 47.3 Å². The average molecular weight is 369 g/mol. The van der Waals surface area contributed by atoms with Crippen molar-refractivity contribution in [1.82, 2.24) is 15.1 Å². The Balaban J connectivity index is 1.50. The number of fused-ring (bicyclic) bond motifs is 1. The van der Waals surface area contributed by atoms with E-state index in [4.69, 9.17) is 9.47 Å². The van der Waals surface area contributed by atoms with E-state index >= 15 is 0 Å². The number of aryl methyl sites for hydroxylation is 2. The Labute approximate surface area is 159 Å². The molecule has 1 aliphatic carbocycles. The summed E-state index contributed by atoms with van der Waals surface area (Å²) in [7, 11) is 1.66. The standard InChI is InChI=1S/C21H27N3O3/c1-3-24-13-15(12-22-24)20-19(5-4-10-27-20)23-21(25)17-9-7-14-6-8-16(26-2)11-18(14)17/h6,8,11-13,17,19-20H,3-5,7,9-10H2,1-2H3,(H,23,25)/t17?,19-,20+/m0/s1. The van der Waals surface area contributed by atoms with Crippen molar-refractivity contribution < 1.29 is 14.3 Å². The second-order valence-corrected chi connectivity index (χ2v) is 7.33. The fourth-order valence-electron chi connectivity index (χ4n) is 4.22. The normalized spacial score (nSPS) is 24.4. The molecule has 1 aromatic heterocycles. The van der Waals surface area contributed by atoms with Crippen LogP contribution in [0.15, 0.2) is 30.6 Å². The summed E-state index contributed by atoms with van der Waals surface area (Å²) in [6.45, 7) is 3.60. The van der Waals surface area contributed by atoms with Crippen LogP contribution in [-0.4, -0.2) is 35.4 Å². The van der Waals surface area contributed by atoms with Gasteiger partial charge in [0.15, 0.2) is 0 Å². The number of methoxy groups -OCH3 is 1. The number of ether oxygens (including phenoxy) is 2. The van der Waals surface area contributed by atoms with E-state index < -0.39 is 0 Å². The van der Waals surface area contributed by atoms with Gasteiger partial charge in [-0.15, -0.1) is 0 Å². The van der Waals surface area contributed by atoms with Crippen molar-refractivity contribution in [3.63, 3.8) is 0 Å². The van der Waals surface area contributed by atoms with Gasteiger partial charge in [0.2, 0.25) is 5.91 Å². The molecule has 1 saturated heterocycles. The Morgan fingerprint density at radius 3 is 3.07 bits per heavy atom. The number of hydrogen-bond donors (Lipinski definition) is 1. The molecule has 6 nitrogen and oxygen atoms in total. The summed E-state index contributed by atoms with van der Waals surface area (Å²) in [6.07, 6.45) is 7.41. The van der Waals surface area contributed by atoms with Gasteiger partial charge in [-0.3, -0.25) is 9.48 Å². The molecule has 0 spiro atoms. The van der Waals surface area contributed by atoms with Gasteiger partial charge in [-0.1, -0.05) is 6.07 Å². The third-order valence-corrected chi connectivity index (χ3v) is 5.70. The van der Waals surface area contributed by atoms with Crippen molar-refractivity contribution in [2.75, 3.05) is 13.7 Å². The largest absolute Gasteiger partial charge is 0.497 e.